The van der Waals surface area contributed by atoms with Crippen molar-refractivity contribution in [2.75, 3.05) is 11.5 Å². The molecule has 8 heteroatoms. The fourth-order valence-corrected chi connectivity index (χ4v) is 2.47. The first kappa shape index (κ1) is 14.9. The van der Waals surface area contributed by atoms with Crippen molar-refractivity contribution in [1.29, 1.82) is 0 Å². The normalized spacial score (nSPS) is 13.6. The number of nitrogen functional groups attached to an aromatic ring is 1. The number of rotatable bonds is 4. The molecule has 0 saturated heterocycles. The molecule has 1 aromatic rings. The van der Waals surface area contributed by atoms with E-state index in [4.69, 9.17) is 5.73 Å². The monoisotopic (exact) mass is 287 g/mol. The summed E-state index contributed by atoms with van der Waals surface area (Å²) in [6.07, 6.45) is -5.97. The van der Waals surface area contributed by atoms with E-state index in [1.807, 2.05) is 0 Å². The van der Waals surface area contributed by atoms with Crippen LogP contribution in [0.3, 0.4) is 0 Å². The van der Waals surface area contributed by atoms with Gasteiger partial charge in [-0.15, -0.1) is 0 Å². The lowest BCUT2D eigenvalue weighted by Gasteiger charge is -2.08. The van der Waals surface area contributed by atoms with E-state index < -0.39 is 52.1 Å². The number of anilines is 1. The summed E-state index contributed by atoms with van der Waals surface area (Å²) in [6, 6.07) is 1.56. The Bertz CT molecular complexity index is 437. The molecule has 0 amide bonds. The lowest BCUT2D eigenvalue weighted by atomic mass is 10.3. The van der Waals surface area contributed by atoms with Gasteiger partial charge in [0, 0.05) is 17.9 Å². The average Bonchev–Trinajstić information content (AvgIpc) is 2.13. The van der Waals surface area contributed by atoms with Gasteiger partial charge < -0.3 is 5.73 Å². The van der Waals surface area contributed by atoms with Gasteiger partial charge in [-0.05, 0) is 18.6 Å². The molecule has 0 saturated carbocycles. The molecule has 0 aliphatic carbocycles. The van der Waals surface area contributed by atoms with Gasteiger partial charge in [0.05, 0.1) is 10.8 Å². The molecular weight excluding hydrogens is 277 g/mol. The summed E-state index contributed by atoms with van der Waals surface area (Å²) < 4.78 is 73.7. The minimum atomic E-state index is -4.37. The fraction of sp³-hybridized carbons (Fsp3) is 0.400. The molecule has 1 aromatic carbocycles. The van der Waals surface area contributed by atoms with E-state index in [0.29, 0.717) is 0 Å². The number of nitrogens with two attached hydrogens (primary N) is 1. The van der Waals surface area contributed by atoms with Crippen LogP contribution in [0.25, 0.3) is 0 Å². The van der Waals surface area contributed by atoms with E-state index in [1.54, 1.807) is 0 Å². The van der Waals surface area contributed by atoms with E-state index in [2.05, 4.69) is 0 Å². The lowest BCUT2D eigenvalue weighted by Crippen LogP contribution is -2.11. The van der Waals surface area contributed by atoms with Crippen LogP contribution in [-0.4, -0.2) is 16.1 Å². The Balaban J connectivity index is 2.74. The van der Waals surface area contributed by atoms with Crippen LogP contribution in [0.4, 0.5) is 27.6 Å². The van der Waals surface area contributed by atoms with Gasteiger partial charge in [0.1, 0.15) is 16.5 Å². The smallest absolute Gasteiger partial charge is 0.389 e. The highest BCUT2D eigenvalue weighted by Gasteiger charge is 2.27. The molecule has 0 radical (unpaired) electrons. The Morgan fingerprint density at radius 3 is 2.11 bits per heavy atom. The van der Waals surface area contributed by atoms with Crippen LogP contribution < -0.4 is 5.73 Å². The van der Waals surface area contributed by atoms with Gasteiger partial charge >= 0.3 is 6.18 Å². The van der Waals surface area contributed by atoms with E-state index in [1.165, 1.54) is 0 Å². The van der Waals surface area contributed by atoms with Crippen molar-refractivity contribution in [2.45, 2.75) is 23.9 Å². The molecule has 0 spiro atoms. The van der Waals surface area contributed by atoms with Gasteiger partial charge in [-0.2, -0.15) is 13.2 Å². The Labute approximate surface area is 102 Å². The summed E-state index contributed by atoms with van der Waals surface area (Å²) >= 11 is 0. The third-order valence-corrected chi connectivity index (χ3v) is 3.54. The third kappa shape index (κ3) is 4.25. The van der Waals surface area contributed by atoms with Crippen LogP contribution in [0.2, 0.25) is 0 Å². The Hall–Kier alpha value is -1.18. The summed E-state index contributed by atoms with van der Waals surface area (Å²) in [5, 5.41) is 0. The molecule has 0 aromatic heterocycles. The molecule has 2 N–H and O–H groups in total. The summed E-state index contributed by atoms with van der Waals surface area (Å²) in [6.45, 7) is 0. The van der Waals surface area contributed by atoms with Crippen molar-refractivity contribution in [3.8, 4) is 0 Å². The average molecular weight is 287 g/mol. The topological polar surface area (TPSA) is 43.1 Å². The van der Waals surface area contributed by atoms with Crippen molar-refractivity contribution in [1.82, 2.24) is 0 Å². The number of hydrogen-bond donors (Lipinski definition) is 1. The van der Waals surface area contributed by atoms with E-state index in [9.17, 15) is 26.2 Å². The molecule has 18 heavy (non-hydrogen) atoms. The zero-order valence-electron chi connectivity index (χ0n) is 9.06. The highest BCUT2D eigenvalue weighted by Crippen LogP contribution is 2.24. The van der Waals surface area contributed by atoms with Crippen LogP contribution in [0.1, 0.15) is 12.8 Å². The SMILES string of the molecule is Nc1cc(F)c(S(=O)CCCC(F)(F)F)c(F)c1. The Kier molecular flexibility index (Phi) is 4.66. The van der Waals surface area contributed by atoms with Gasteiger partial charge in [0.15, 0.2) is 0 Å². The van der Waals surface area contributed by atoms with Crippen LogP contribution in [0.5, 0.6) is 0 Å². The van der Waals surface area contributed by atoms with Crippen LogP contribution in [0, 0.1) is 11.6 Å². The molecule has 1 rings (SSSR count). The Morgan fingerprint density at radius 2 is 1.67 bits per heavy atom. The maximum Gasteiger partial charge on any atom is 0.389 e. The third-order valence-electron chi connectivity index (χ3n) is 2.04. The van der Waals surface area contributed by atoms with E-state index in [-0.39, 0.29) is 5.69 Å². The second-order valence-electron chi connectivity index (χ2n) is 3.58. The zero-order valence-corrected chi connectivity index (χ0v) is 9.88. The molecule has 0 aliphatic rings. The second kappa shape index (κ2) is 5.64. The number of hydrogen-bond acceptors (Lipinski definition) is 2. The fourth-order valence-electron chi connectivity index (χ4n) is 1.30. The van der Waals surface area contributed by atoms with Gasteiger partial charge in [-0.3, -0.25) is 4.21 Å². The molecule has 0 heterocycles. The minimum absolute atomic E-state index is 0.180. The van der Waals surface area contributed by atoms with E-state index >= 15 is 0 Å². The first-order valence-corrected chi connectivity index (χ1v) is 6.22. The summed E-state index contributed by atoms with van der Waals surface area (Å²) in [5.41, 5.74) is 4.98. The van der Waals surface area contributed by atoms with Gasteiger partial charge in [-0.25, -0.2) is 8.78 Å². The van der Waals surface area contributed by atoms with Crippen molar-refractivity contribution in [3.05, 3.63) is 23.8 Å². The van der Waals surface area contributed by atoms with Crippen molar-refractivity contribution < 1.29 is 26.2 Å². The highest BCUT2D eigenvalue weighted by molar-refractivity contribution is 7.85. The molecule has 0 fully saturated rings. The maximum atomic E-state index is 13.3. The number of alkyl halides is 3. The zero-order chi connectivity index (χ0) is 13.9. The van der Waals surface area contributed by atoms with E-state index in [0.717, 1.165) is 12.1 Å². The van der Waals surface area contributed by atoms with Crippen LogP contribution in [0.15, 0.2) is 17.0 Å². The molecule has 1 unspecified atom stereocenters. The lowest BCUT2D eigenvalue weighted by molar-refractivity contribution is -0.134. The second-order valence-corrected chi connectivity index (χ2v) is 5.09. The summed E-state index contributed by atoms with van der Waals surface area (Å²) in [4.78, 5) is -0.730. The molecular formula is C10H10F5NOS. The van der Waals surface area contributed by atoms with Crippen molar-refractivity contribution >= 4 is 16.5 Å². The van der Waals surface area contributed by atoms with Crippen molar-refractivity contribution in [2.24, 2.45) is 0 Å². The quantitative estimate of drug-likeness (QED) is 0.683. The first-order valence-electron chi connectivity index (χ1n) is 4.90. The maximum absolute atomic E-state index is 13.3. The van der Waals surface area contributed by atoms with Crippen LogP contribution >= 0.6 is 0 Å². The number of halogens is 5. The van der Waals surface area contributed by atoms with Gasteiger partial charge in [-0.1, -0.05) is 0 Å². The molecule has 2 nitrogen and oxygen atoms in total. The number of benzene rings is 1. The molecule has 1 atom stereocenters. The molecule has 0 bridgehead atoms. The minimum Gasteiger partial charge on any atom is -0.399 e. The largest absolute Gasteiger partial charge is 0.399 e. The van der Waals surface area contributed by atoms with Gasteiger partial charge in [0.2, 0.25) is 0 Å². The van der Waals surface area contributed by atoms with Crippen molar-refractivity contribution in [3.63, 3.8) is 0 Å². The predicted octanol–water partition coefficient (Wildman–Crippen LogP) is 3.00. The standard InChI is InChI=1S/C10H10F5NOS/c11-7-4-6(16)5-8(12)9(7)18(17)3-1-2-10(13,14)15/h4-5H,1-3,16H2. The summed E-state index contributed by atoms with van der Waals surface area (Å²) in [7, 11) is -2.16. The van der Waals surface area contributed by atoms with Crippen LogP contribution in [-0.2, 0) is 10.8 Å². The predicted molar refractivity (Wildman–Crippen MR) is 57.3 cm³/mol. The highest BCUT2D eigenvalue weighted by atomic mass is 32.2. The molecule has 0 aliphatic heterocycles. The summed E-state index contributed by atoms with van der Waals surface area (Å²) in [5.74, 6) is -2.69. The van der Waals surface area contributed by atoms with Gasteiger partial charge in [0.25, 0.3) is 0 Å². The molecule has 102 valence electrons. The first-order chi connectivity index (χ1) is 8.20. The Morgan fingerprint density at radius 1 is 1.17 bits per heavy atom.